The maximum Gasteiger partial charge on any atom is 0.308 e. The minimum absolute atomic E-state index is 0.264. The number of hydrogen-bond acceptors (Lipinski definition) is 2. The van der Waals surface area contributed by atoms with Crippen molar-refractivity contribution in [1.29, 1.82) is 0 Å². The number of carbonyl (C=O) groups excluding carboxylic acids is 1. The molecule has 0 aliphatic heterocycles. The molecule has 84 valence electrons. The van der Waals surface area contributed by atoms with Crippen LogP contribution in [0.25, 0.3) is 0 Å². The van der Waals surface area contributed by atoms with Gasteiger partial charge in [0, 0.05) is 6.92 Å². The van der Waals surface area contributed by atoms with Crippen LogP contribution < -0.4 is 4.74 Å². The highest BCUT2D eigenvalue weighted by Crippen LogP contribution is 2.22. The van der Waals surface area contributed by atoms with Crippen molar-refractivity contribution in [3.63, 3.8) is 0 Å². The van der Waals surface area contributed by atoms with Crippen molar-refractivity contribution in [1.82, 2.24) is 0 Å². The summed E-state index contributed by atoms with van der Waals surface area (Å²) >= 11 is 0. The lowest BCUT2D eigenvalue weighted by atomic mass is 10.1. The average molecular weight is 208 g/mol. The molecule has 0 fully saturated rings. The third-order valence-corrected chi connectivity index (χ3v) is 1.97. The number of carbonyl (C=O) groups is 1. The molecule has 0 heterocycles. The van der Waals surface area contributed by atoms with Gasteiger partial charge in [-0.05, 0) is 30.5 Å². The van der Waals surface area contributed by atoms with Gasteiger partial charge in [0.05, 0.1) is 0 Å². The minimum Gasteiger partial charge on any atom is -0.426 e. The summed E-state index contributed by atoms with van der Waals surface area (Å²) in [5, 5.41) is 0. The Bertz CT molecular complexity index is 316. The Kier molecular flexibility index (Phi) is 6.43. The molecule has 0 aliphatic carbocycles. The fourth-order valence-electron chi connectivity index (χ4n) is 1.38. The summed E-state index contributed by atoms with van der Waals surface area (Å²) < 4.78 is 5.08. The van der Waals surface area contributed by atoms with Crippen LogP contribution in [0.5, 0.6) is 5.75 Å². The number of hydrogen-bond donors (Lipinski definition) is 0. The zero-order chi connectivity index (χ0) is 11.8. The van der Waals surface area contributed by atoms with E-state index in [0.717, 1.165) is 12.0 Å². The van der Waals surface area contributed by atoms with Crippen molar-refractivity contribution < 1.29 is 9.53 Å². The largest absolute Gasteiger partial charge is 0.426 e. The Balaban J connectivity index is 0.000000921. The molecule has 0 aliphatic rings. The molecule has 1 aromatic rings. The van der Waals surface area contributed by atoms with Gasteiger partial charge < -0.3 is 4.74 Å². The SMILES string of the molecule is CC.CCc1c(C)cccc1OC(C)=O. The molecule has 0 aromatic heterocycles. The highest BCUT2D eigenvalue weighted by molar-refractivity contribution is 5.70. The van der Waals surface area contributed by atoms with Crippen LogP contribution in [0.4, 0.5) is 0 Å². The monoisotopic (exact) mass is 208 g/mol. The molecular formula is C13H20O2. The van der Waals surface area contributed by atoms with E-state index in [1.165, 1.54) is 12.5 Å². The van der Waals surface area contributed by atoms with Gasteiger partial charge in [-0.2, -0.15) is 0 Å². The fraction of sp³-hybridized carbons (Fsp3) is 0.462. The predicted molar refractivity (Wildman–Crippen MR) is 63.2 cm³/mol. The van der Waals surface area contributed by atoms with Crippen molar-refractivity contribution in [3.8, 4) is 5.75 Å². The van der Waals surface area contributed by atoms with Crippen molar-refractivity contribution >= 4 is 5.97 Å². The highest BCUT2D eigenvalue weighted by Gasteiger charge is 2.05. The number of benzene rings is 1. The van der Waals surface area contributed by atoms with Crippen LogP contribution in [0.3, 0.4) is 0 Å². The van der Waals surface area contributed by atoms with Crippen LogP contribution >= 0.6 is 0 Å². The van der Waals surface area contributed by atoms with Crippen molar-refractivity contribution in [2.24, 2.45) is 0 Å². The number of rotatable bonds is 2. The quantitative estimate of drug-likeness (QED) is 0.549. The molecular weight excluding hydrogens is 188 g/mol. The molecule has 15 heavy (non-hydrogen) atoms. The lowest BCUT2D eigenvalue weighted by molar-refractivity contribution is -0.131. The average Bonchev–Trinajstić information content (AvgIpc) is 2.20. The summed E-state index contributed by atoms with van der Waals surface area (Å²) in [5.74, 6) is 0.426. The lowest BCUT2D eigenvalue weighted by Crippen LogP contribution is -2.04. The van der Waals surface area contributed by atoms with Gasteiger partial charge in [0.1, 0.15) is 5.75 Å². The summed E-state index contributed by atoms with van der Waals surface area (Å²) in [7, 11) is 0. The van der Waals surface area contributed by atoms with Crippen molar-refractivity contribution in [2.75, 3.05) is 0 Å². The molecule has 1 aromatic carbocycles. The second-order valence-electron chi connectivity index (χ2n) is 3.00. The molecule has 0 radical (unpaired) electrons. The maximum absolute atomic E-state index is 10.8. The molecule has 0 saturated heterocycles. The summed E-state index contributed by atoms with van der Waals surface area (Å²) in [5.41, 5.74) is 2.28. The first-order valence-corrected chi connectivity index (χ1v) is 5.42. The van der Waals surface area contributed by atoms with Gasteiger partial charge in [0.15, 0.2) is 0 Å². The van der Waals surface area contributed by atoms with Crippen LogP contribution in [0.2, 0.25) is 0 Å². The van der Waals surface area contributed by atoms with Crippen LogP contribution in [0, 0.1) is 6.92 Å². The van der Waals surface area contributed by atoms with Crippen LogP contribution in [-0.4, -0.2) is 5.97 Å². The molecule has 0 N–H and O–H groups in total. The van der Waals surface area contributed by atoms with Gasteiger partial charge in [-0.1, -0.05) is 32.9 Å². The zero-order valence-electron chi connectivity index (χ0n) is 10.3. The van der Waals surface area contributed by atoms with Gasteiger partial charge >= 0.3 is 5.97 Å². The van der Waals surface area contributed by atoms with Gasteiger partial charge in [-0.3, -0.25) is 4.79 Å². The van der Waals surface area contributed by atoms with Crippen LogP contribution in [0.1, 0.15) is 38.8 Å². The molecule has 0 unspecified atom stereocenters. The minimum atomic E-state index is -0.264. The Morgan fingerprint density at radius 2 is 1.93 bits per heavy atom. The smallest absolute Gasteiger partial charge is 0.308 e. The Labute approximate surface area is 92.3 Å². The lowest BCUT2D eigenvalue weighted by Gasteiger charge is -2.09. The molecule has 2 heteroatoms. The number of esters is 1. The third-order valence-electron chi connectivity index (χ3n) is 1.97. The topological polar surface area (TPSA) is 26.3 Å². The van der Waals surface area contributed by atoms with Gasteiger partial charge in [-0.25, -0.2) is 0 Å². The van der Waals surface area contributed by atoms with Gasteiger partial charge in [0.25, 0.3) is 0 Å². The first kappa shape index (κ1) is 13.7. The molecule has 0 atom stereocenters. The van der Waals surface area contributed by atoms with Gasteiger partial charge in [-0.15, -0.1) is 0 Å². The molecule has 0 spiro atoms. The van der Waals surface area contributed by atoms with Gasteiger partial charge in [0.2, 0.25) is 0 Å². The van der Waals surface area contributed by atoms with E-state index in [2.05, 4.69) is 6.92 Å². The molecule has 0 saturated carbocycles. The Morgan fingerprint density at radius 1 is 1.33 bits per heavy atom. The van der Waals surface area contributed by atoms with E-state index in [9.17, 15) is 4.79 Å². The summed E-state index contributed by atoms with van der Waals surface area (Å²) in [6.07, 6.45) is 0.884. The predicted octanol–water partition coefficient (Wildman–Crippen LogP) is 3.51. The van der Waals surface area contributed by atoms with E-state index in [0.29, 0.717) is 5.75 Å². The second kappa shape index (κ2) is 7.04. The van der Waals surface area contributed by atoms with Crippen LogP contribution in [0.15, 0.2) is 18.2 Å². The molecule has 2 nitrogen and oxygen atoms in total. The first-order chi connectivity index (χ1) is 7.15. The van der Waals surface area contributed by atoms with E-state index in [1.54, 1.807) is 0 Å². The number of aryl methyl sites for hydroxylation is 1. The van der Waals surface area contributed by atoms with Crippen molar-refractivity contribution in [2.45, 2.75) is 41.0 Å². The Hall–Kier alpha value is -1.31. The summed E-state index contributed by atoms with van der Waals surface area (Å²) in [6, 6.07) is 5.74. The standard InChI is InChI=1S/C11H14O2.C2H6/c1-4-10-8(2)6-5-7-11(10)13-9(3)12;1-2/h5-7H,4H2,1-3H3;1-2H3. The van der Waals surface area contributed by atoms with E-state index < -0.39 is 0 Å². The molecule has 0 amide bonds. The normalized spacial score (nSPS) is 8.87. The maximum atomic E-state index is 10.8. The van der Waals surface area contributed by atoms with E-state index in [4.69, 9.17) is 4.74 Å². The van der Waals surface area contributed by atoms with E-state index in [-0.39, 0.29) is 5.97 Å². The fourth-order valence-corrected chi connectivity index (χ4v) is 1.38. The van der Waals surface area contributed by atoms with Crippen LogP contribution in [-0.2, 0) is 11.2 Å². The highest BCUT2D eigenvalue weighted by atomic mass is 16.5. The zero-order valence-corrected chi connectivity index (χ0v) is 10.3. The third kappa shape index (κ3) is 4.15. The number of ether oxygens (including phenoxy) is 1. The second-order valence-corrected chi connectivity index (χ2v) is 3.00. The summed E-state index contributed by atoms with van der Waals surface area (Å²) in [4.78, 5) is 10.8. The van der Waals surface area contributed by atoms with E-state index >= 15 is 0 Å². The summed E-state index contributed by atoms with van der Waals surface area (Å²) in [6.45, 7) is 9.49. The molecule has 0 bridgehead atoms. The van der Waals surface area contributed by atoms with Crippen molar-refractivity contribution in [3.05, 3.63) is 29.3 Å². The first-order valence-electron chi connectivity index (χ1n) is 5.42. The molecule has 1 rings (SSSR count). The van der Waals surface area contributed by atoms with E-state index in [1.807, 2.05) is 39.0 Å². The Morgan fingerprint density at radius 3 is 2.40 bits per heavy atom.